The summed E-state index contributed by atoms with van der Waals surface area (Å²) in [5, 5.41) is 2.86. The predicted molar refractivity (Wildman–Crippen MR) is 113 cm³/mol. The van der Waals surface area contributed by atoms with Crippen LogP contribution in [0.4, 0.5) is 5.00 Å². The molecule has 0 atom stereocenters. The number of nitrogens with one attached hydrogen (secondary N) is 1. The minimum atomic E-state index is -0.667. The third kappa shape index (κ3) is 5.92. The minimum absolute atomic E-state index is 0.143. The number of anilines is 1. The highest BCUT2D eigenvalue weighted by Gasteiger charge is 2.25. The molecule has 3 N–H and O–H groups in total. The molecule has 1 aromatic carbocycles. The number of esters is 1. The molecule has 154 valence electrons. The van der Waals surface area contributed by atoms with Crippen molar-refractivity contribution in [2.75, 3.05) is 18.5 Å². The zero-order valence-electron chi connectivity index (χ0n) is 16.6. The van der Waals surface area contributed by atoms with Gasteiger partial charge in [-0.25, -0.2) is 4.79 Å². The highest BCUT2D eigenvalue weighted by Crippen LogP contribution is 2.33. The first kappa shape index (κ1) is 22.2. The molecule has 1 aromatic heterocycles. The van der Waals surface area contributed by atoms with Gasteiger partial charge in [0.25, 0.3) is 5.91 Å². The highest BCUT2D eigenvalue weighted by atomic mass is 32.1. The summed E-state index contributed by atoms with van der Waals surface area (Å²) >= 11 is 0.950. The zero-order chi connectivity index (χ0) is 21.4. The molecule has 2 amide bonds. The van der Waals surface area contributed by atoms with Crippen molar-refractivity contribution in [2.45, 2.75) is 27.2 Å². The molecule has 29 heavy (non-hydrogen) atoms. The van der Waals surface area contributed by atoms with Gasteiger partial charge in [0, 0.05) is 6.08 Å². The Balaban J connectivity index is 2.15. The second-order valence-electron chi connectivity index (χ2n) is 6.09. The van der Waals surface area contributed by atoms with Crippen LogP contribution in [0.1, 0.15) is 51.4 Å². The topological polar surface area (TPSA) is 108 Å². The van der Waals surface area contributed by atoms with Crippen molar-refractivity contribution in [1.82, 2.24) is 0 Å². The first-order valence-electron chi connectivity index (χ1n) is 9.19. The number of primary amides is 1. The Labute approximate surface area is 173 Å². The van der Waals surface area contributed by atoms with Crippen molar-refractivity contribution < 1.29 is 23.9 Å². The van der Waals surface area contributed by atoms with Crippen LogP contribution in [0.15, 0.2) is 30.3 Å². The van der Waals surface area contributed by atoms with E-state index in [2.05, 4.69) is 5.32 Å². The smallest absolute Gasteiger partial charge is 0.341 e. The fraction of sp³-hybridized carbons (Fsp3) is 0.286. The average molecular weight is 416 g/mol. The molecule has 0 saturated carbocycles. The summed E-state index contributed by atoms with van der Waals surface area (Å²) < 4.78 is 10.5. The van der Waals surface area contributed by atoms with Crippen molar-refractivity contribution in [3.8, 4) is 5.75 Å². The number of carbonyl (C=O) groups excluding carboxylic acids is 3. The maximum atomic E-state index is 12.3. The Morgan fingerprint density at radius 2 is 1.86 bits per heavy atom. The number of hydrogen-bond donors (Lipinski definition) is 2. The van der Waals surface area contributed by atoms with E-state index in [1.54, 1.807) is 19.9 Å². The summed E-state index contributed by atoms with van der Waals surface area (Å²) in [6.07, 6.45) is 3.91. The molecule has 8 heteroatoms. The molecule has 0 spiro atoms. The molecule has 2 rings (SSSR count). The van der Waals surface area contributed by atoms with Crippen LogP contribution in [0.25, 0.3) is 6.08 Å². The van der Waals surface area contributed by atoms with Crippen LogP contribution in [0.5, 0.6) is 5.75 Å². The van der Waals surface area contributed by atoms with E-state index in [0.29, 0.717) is 12.2 Å². The Morgan fingerprint density at radius 1 is 1.17 bits per heavy atom. The van der Waals surface area contributed by atoms with Gasteiger partial charge in [-0.1, -0.05) is 19.1 Å². The van der Waals surface area contributed by atoms with Gasteiger partial charge in [-0.2, -0.15) is 0 Å². The molecule has 0 saturated heterocycles. The molecular formula is C21H24N2O5S. The number of carbonyl (C=O) groups is 3. The second-order valence-corrected chi connectivity index (χ2v) is 7.11. The molecule has 0 aliphatic heterocycles. The molecule has 2 aromatic rings. The monoisotopic (exact) mass is 416 g/mol. The number of hydrogen-bond acceptors (Lipinski definition) is 6. The third-order valence-electron chi connectivity index (χ3n) is 3.87. The molecule has 0 aliphatic carbocycles. The maximum Gasteiger partial charge on any atom is 0.341 e. The summed E-state index contributed by atoms with van der Waals surface area (Å²) in [4.78, 5) is 36.4. The quantitative estimate of drug-likeness (QED) is 0.478. The fourth-order valence-corrected chi connectivity index (χ4v) is 3.56. The third-order valence-corrected chi connectivity index (χ3v) is 5.09. The van der Waals surface area contributed by atoms with Crippen molar-refractivity contribution in [1.29, 1.82) is 0 Å². The van der Waals surface area contributed by atoms with Gasteiger partial charge in [0.15, 0.2) is 0 Å². The first-order valence-corrected chi connectivity index (χ1v) is 10.0. The number of thiophene rings is 1. The first-order chi connectivity index (χ1) is 13.9. The summed E-state index contributed by atoms with van der Waals surface area (Å²) in [7, 11) is 0. The molecule has 0 radical (unpaired) electrons. The normalized spacial score (nSPS) is 10.7. The van der Waals surface area contributed by atoms with Crippen LogP contribution in [-0.4, -0.2) is 31.0 Å². The largest absolute Gasteiger partial charge is 0.494 e. The minimum Gasteiger partial charge on any atom is -0.494 e. The lowest BCUT2D eigenvalue weighted by atomic mass is 10.1. The van der Waals surface area contributed by atoms with Crippen molar-refractivity contribution in [3.05, 3.63) is 51.9 Å². The second kappa shape index (κ2) is 10.4. The van der Waals surface area contributed by atoms with Gasteiger partial charge >= 0.3 is 5.97 Å². The SMILES string of the molecule is CCCOc1ccc(/C=C/C(=O)Nc2sc(C(N)=O)c(C)c2C(=O)OCC)cc1. The number of nitrogens with two attached hydrogens (primary N) is 1. The summed E-state index contributed by atoms with van der Waals surface area (Å²) in [6.45, 7) is 6.12. The Hall–Kier alpha value is -3.13. The Bertz CT molecular complexity index is 916. The molecule has 0 aliphatic rings. The average Bonchev–Trinajstić information content (AvgIpc) is 3.01. The lowest BCUT2D eigenvalue weighted by Gasteiger charge is -2.06. The van der Waals surface area contributed by atoms with Gasteiger partial charge in [-0.15, -0.1) is 11.3 Å². The van der Waals surface area contributed by atoms with Crippen LogP contribution in [0.2, 0.25) is 0 Å². The van der Waals surface area contributed by atoms with Crippen LogP contribution in [0, 0.1) is 6.92 Å². The van der Waals surface area contributed by atoms with Gasteiger partial charge in [0.05, 0.1) is 23.7 Å². The van der Waals surface area contributed by atoms with Gasteiger partial charge in [-0.05, 0) is 49.6 Å². The molecule has 7 nitrogen and oxygen atoms in total. The Morgan fingerprint density at radius 3 is 2.45 bits per heavy atom. The van der Waals surface area contributed by atoms with Gasteiger partial charge in [0.2, 0.25) is 5.91 Å². The van der Waals surface area contributed by atoms with Crippen molar-refractivity contribution >= 4 is 40.2 Å². The van der Waals surface area contributed by atoms with Gasteiger partial charge in [0.1, 0.15) is 10.8 Å². The Kier molecular flexibility index (Phi) is 7.97. The molecule has 0 bridgehead atoms. The lowest BCUT2D eigenvalue weighted by Crippen LogP contribution is -2.13. The molecule has 0 fully saturated rings. The van der Waals surface area contributed by atoms with E-state index in [-0.39, 0.29) is 22.0 Å². The molecule has 0 unspecified atom stereocenters. The standard InChI is InChI=1S/C21H24N2O5S/c1-4-12-28-15-9-6-14(7-10-15)8-11-16(24)23-20-17(21(26)27-5-2)13(3)18(29-20)19(22)25/h6-11H,4-5,12H2,1-3H3,(H2,22,25)(H,23,24)/b11-8+. The summed E-state index contributed by atoms with van der Waals surface area (Å²) in [6, 6.07) is 7.32. The van der Waals surface area contributed by atoms with Crippen LogP contribution < -0.4 is 15.8 Å². The van der Waals surface area contributed by atoms with Crippen LogP contribution >= 0.6 is 11.3 Å². The van der Waals surface area contributed by atoms with Crippen molar-refractivity contribution in [2.24, 2.45) is 5.73 Å². The predicted octanol–water partition coefficient (Wildman–Crippen LogP) is 3.77. The zero-order valence-corrected chi connectivity index (χ0v) is 17.4. The van der Waals surface area contributed by atoms with E-state index in [9.17, 15) is 14.4 Å². The molecule has 1 heterocycles. The van der Waals surface area contributed by atoms with Crippen LogP contribution in [-0.2, 0) is 9.53 Å². The van der Waals surface area contributed by atoms with E-state index >= 15 is 0 Å². The summed E-state index contributed by atoms with van der Waals surface area (Å²) in [5.41, 5.74) is 6.71. The lowest BCUT2D eigenvalue weighted by molar-refractivity contribution is -0.111. The number of benzene rings is 1. The number of amides is 2. The maximum absolute atomic E-state index is 12.3. The van der Waals surface area contributed by atoms with E-state index < -0.39 is 17.8 Å². The fourth-order valence-electron chi connectivity index (χ4n) is 2.51. The van der Waals surface area contributed by atoms with E-state index in [0.717, 1.165) is 29.1 Å². The van der Waals surface area contributed by atoms with Crippen LogP contribution in [0.3, 0.4) is 0 Å². The summed E-state index contributed by atoms with van der Waals surface area (Å²) in [5.74, 6) is -0.963. The van der Waals surface area contributed by atoms with E-state index in [4.69, 9.17) is 15.2 Å². The van der Waals surface area contributed by atoms with Gasteiger partial charge < -0.3 is 20.5 Å². The number of ether oxygens (including phenoxy) is 2. The van der Waals surface area contributed by atoms with Gasteiger partial charge in [-0.3, -0.25) is 9.59 Å². The van der Waals surface area contributed by atoms with E-state index in [1.807, 2.05) is 31.2 Å². The molecular weight excluding hydrogens is 392 g/mol. The number of rotatable bonds is 9. The van der Waals surface area contributed by atoms with E-state index in [1.165, 1.54) is 6.08 Å². The highest BCUT2D eigenvalue weighted by molar-refractivity contribution is 7.18. The van der Waals surface area contributed by atoms with Crippen molar-refractivity contribution in [3.63, 3.8) is 0 Å².